The Balaban J connectivity index is 2.38. The van der Waals surface area contributed by atoms with Crippen LogP contribution in [-0.4, -0.2) is 9.55 Å². The lowest BCUT2D eigenvalue weighted by atomic mass is 10.1. The first-order valence-corrected chi connectivity index (χ1v) is 5.74. The van der Waals surface area contributed by atoms with Gasteiger partial charge in [-0.2, -0.15) is 0 Å². The highest BCUT2D eigenvalue weighted by atomic mass is 15.0. The number of fused-ring (bicyclic) bond motifs is 1. The monoisotopic (exact) mass is 222 g/mol. The fraction of sp³-hybridized carbons (Fsp3) is 0.133. The highest BCUT2D eigenvalue weighted by Crippen LogP contribution is 2.30. The third-order valence-corrected chi connectivity index (χ3v) is 3.25. The summed E-state index contributed by atoms with van der Waals surface area (Å²) in [5, 5.41) is 1.23. The fourth-order valence-corrected chi connectivity index (χ4v) is 2.45. The van der Waals surface area contributed by atoms with Crippen LogP contribution in [-0.2, 0) is 7.05 Å². The average molecular weight is 222 g/mol. The van der Waals surface area contributed by atoms with Gasteiger partial charge in [0.25, 0.3) is 0 Å². The number of aryl methyl sites for hydroxylation is 2. The van der Waals surface area contributed by atoms with Crippen LogP contribution in [0.3, 0.4) is 0 Å². The molecule has 0 radical (unpaired) electrons. The Morgan fingerprint density at radius 1 is 1.00 bits per heavy atom. The Hall–Kier alpha value is -2.09. The van der Waals surface area contributed by atoms with E-state index in [-0.39, 0.29) is 0 Å². The van der Waals surface area contributed by atoms with Gasteiger partial charge in [-0.3, -0.25) is 0 Å². The van der Waals surface area contributed by atoms with E-state index in [1.54, 1.807) is 0 Å². The second-order valence-corrected chi connectivity index (χ2v) is 4.27. The molecule has 0 amide bonds. The molecule has 3 aromatic rings. The van der Waals surface area contributed by atoms with E-state index in [1.807, 2.05) is 18.3 Å². The molecule has 0 spiro atoms. The van der Waals surface area contributed by atoms with Crippen molar-refractivity contribution in [3.8, 4) is 11.3 Å². The van der Waals surface area contributed by atoms with Crippen molar-refractivity contribution in [3.63, 3.8) is 0 Å². The molecule has 84 valence electrons. The highest BCUT2D eigenvalue weighted by molar-refractivity contribution is 5.88. The summed E-state index contributed by atoms with van der Waals surface area (Å²) in [6, 6.07) is 14.6. The Morgan fingerprint density at radius 2 is 1.76 bits per heavy atom. The number of benzene rings is 1. The molecule has 0 bridgehead atoms. The number of nitrogens with zero attached hydrogens (tertiary/aromatic N) is 2. The number of pyridine rings is 1. The predicted molar refractivity (Wildman–Crippen MR) is 70.9 cm³/mol. The molecule has 0 N–H and O–H groups in total. The maximum absolute atomic E-state index is 4.45. The molecule has 0 fully saturated rings. The Bertz CT molecular complexity index is 627. The van der Waals surface area contributed by atoms with Gasteiger partial charge in [-0.25, -0.2) is 4.98 Å². The topological polar surface area (TPSA) is 17.8 Å². The van der Waals surface area contributed by atoms with Gasteiger partial charge in [0.1, 0.15) is 5.65 Å². The number of aromatic nitrogens is 2. The summed E-state index contributed by atoms with van der Waals surface area (Å²) in [6.45, 7) is 2.16. The van der Waals surface area contributed by atoms with Crippen molar-refractivity contribution in [2.24, 2.45) is 7.05 Å². The maximum Gasteiger partial charge on any atom is 0.140 e. The standard InChI is InChI=1S/C15H14N2/c1-11-13-9-6-10-16-15(13)17(2)14(11)12-7-4-3-5-8-12/h3-10H,1-2H3. The van der Waals surface area contributed by atoms with Gasteiger partial charge in [0.05, 0.1) is 5.69 Å². The van der Waals surface area contributed by atoms with E-state index < -0.39 is 0 Å². The third kappa shape index (κ3) is 1.45. The van der Waals surface area contributed by atoms with Crippen molar-refractivity contribution in [1.82, 2.24) is 9.55 Å². The molecule has 1 aromatic carbocycles. The third-order valence-electron chi connectivity index (χ3n) is 3.25. The summed E-state index contributed by atoms with van der Waals surface area (Å²) in [4.78, 5) is 4.45. The van der Waals surface area contributed by atoms with Crippen LogP contribution in [0.4, 0.5) is 0 Å². The van der Waals surface area contributed by atoms with Crippen molar-refractivity contribution >= 4 is 11.0 Å². The van der Waals surface area contributed by atoms with Crippen LogP contribution in [0.25, 0.3) is 22.3 Å². The lowest BCUT2D eigenvalue weighted by Crippen LogP contribution is -1.93. The van der Waals surface area contributed by atoms with Crippen LogP contribution in [0, 0.1) is 6.92 Å². The van der Waals surface area contributed by atoms with Crippen LogP contribution in [0.15, 0.2) is 48.7 Å². The molecule has 2 nitrogen and oxygen atoms in total. The molecule has 0 aliphatic rings. The van der Waals surface area contributed by atoms with Crippen LogP contribution in [0.5, 0.6) is 0 Å². The molecule has 0 saturated carbocycles. The summed E-state index contributed by atoms with van der Waals surface area (Å²) in [7, 11) is 2.07. The molecule has 2 aromatic heterocycles. The minimum atomic E-state index is 1.05. The van der Waals surface area contributed by atoms with Crippen molar-refractivity contribution in [2.45, 2.75) is 6.92 Å². The molecule has 3 rings (SSSR count). The van der Waals surface area contributed by atoms with Gasteiger partial charge >= 0.3 is 0 Å². The van der Waals surface area contributed by atoms with E-state index in [4.69, 9.17) is 0 Å². The first-order valence-electron chi connectivity index (χ1n) is 5.74. The van der Waals surface area contributed by atoms with E-state index in [0.29, 0.717) is 0 Å². The van der Waals surface area contributed by atoms with Gasteiger partial charge in [0.15, 0.2) is 0 Å². The van der Waals surface area contributed by atoms with Gasteiger partial charge in [-0.1, -0.05) is 30.3 Å². The molecule has 2 heteroatoms. The van der Waals surface area contributed by atoms with E-state index in [1.165, 1.54) is 22.2 Å². The van der Waals surface area contributed by atoms with Gasteiger partial charge in [-0.05, 0) is 30.2 Å². The molecular formula is C15H14N2. The van der Waals surface area contributed by atoms with Crippen LogP contribution in [0.1, 0.15) is 5.56 Å². The molecule has 17 heavy (non-hydrogen) atoms. The molecule has 0 unspecified atom stereocenters. The van der Waals surface area contributed by atoms with E-state index in [0.717, 1.165) is 5.65 Å². The van der Waals surface area contributed by atoms with Crippen LogP contribution < -0.4 is 0 Å². The van der Waals surface area contributed by atoms with Crippen LogP contribution in [0.2, 0.25) is 0 Å². The van der Waals surface area contributed by atoms with E-state index in [9.17, 15) is 0 Å². The predicted octanol–water partition coefficient (Wildman–Crippen LogP) is 3.55. The van der Waals surface area contributed by atoms with Crippen molar-refractivity contribution in [2.75, 3.05) is 0 Å². The van der Waals surface area contributed by atoms with Crippen molar-refractivity contribution < 1.29 is 0 Å². The SMILES string of the molecule is Cc1c(-c2ccccc2)n(C)c2ncccc12. The van der Waals surface area contributed by atoms with Crippen LogP contribution >= 0.6 is 0 Å². The first kappa shape index (κ1) is 10.1. The molecule has 2 heterocycles. The zero-order valence-electron chi connectivity index (χ0n) is 10.0. The quantitative estimate of drug-likeness (QED) is 0.615. The summed E-state index contributed by atoms with van der Waals surface area (Å²) >= 11 is 0. The minimum Gasteiger partial charge on any atom is -0.328 e. The minimum absolute atomic E-state index is 1.05. The molecule has 0 atom stereocenters. The fourth-order valence-electron chi connectivity index (χ4n) is 2.45. The number of hydrogen-bond donors (Lipinski definition) is 0. The summed E-state index contributed by atoms with van der Waals surface area (Å²) in [6.07, 6.45) is 1.84. The second-order valence-electron chi connectivity index (χ2n) is 4.27. The maximum atomic E-state index is 4.45. The van der Waals surface area contributed by atoms with Gasteiger partial charge in [0, 0.05) is 18.6 Å². The molecule has 0 aliphatic heterocycles. The Morgan fingerprint density at radius 3 is 2.47 bits per heavy atom. The second kappa shape index (κ2) is 3.74. The largest absolute Gasteiger partial charge is 0.328 e. The zero-order chi connectivity index (χ0) is 11.8. The van der Waals surface area contributed by atoms with Gasteiger partial charge < -0.3 is 4.57 Å². The van der Waals surface area contributed by atoms with Crippen molar-refractivity contribution in [1.29, 1.82) is 0 Å². The molecule has 0 aliphatic carbocycles. The molecule has 0 saturated heterocycles. The number of rotatable bonds is 1. The normalized spacial score (nSPS) is 10.9. The smallest absolute Gasteiger partial charge is 0.140 e. The van der Waals surface area contributed by atoms with E-state index in [2.05, 4.69) is 53.9 Å². The Kier molecular flexibility index (Phi) is 2.22. The summed E-state index contributed by atoms with van der Waals surface area (Å²) in [5.74, 6) is 0. The van der Waals surface area contributed by atoms with E-state index >= 15 is 0 Å². The molecular weight excluding hydrogens is 208 g/mol. The lowest BCUT2D eigenvalue weighted by Gasteiger charge is -2.05. The zero-order valence-corrected chi connectivity index (χ0v) is 10.0. The Labute approximate surface area is 101 Å². The first-order chi connectivity index (χ1) is 8.29. The summed E-state index contributed by atoms with van der Waals surface area (Å²) < 4.78 is 2.17. The van der Waals surface area contributed by atoms with Gasteiger partial charge in [-0.15, -0.1) is 0 Å². The van der Waals surface area contributed by atoms with Crippen molar-refractivity contribution in [3.05, 3.63) is 54.2 Å². The van der Waals surface area contributed by atoms with Gasteiger partial charge in [0.2, 0.25) is 0 Å². The average Bonchev–Trinajstić information content (AvgIpc) is 2.64. The summed E-state index contributed by atoms with van der Waals surface area (Å²) in [5.41, 5.74) is 4.83. The lowest BCUT2D eigenvalue weighted by molar-refractivity contribution is 0.953. The number of hydrogen-bond acceptors (Lipinski definition) is 1. The highest BCUT2D eigenvalue weighted by Gasteiger charge is 2.13.